The van der Waals surface area contributed by atoms with Gasteiger partial charge in [0.2, 0.25) is 16.0 Å². The first-order valence-corrected chi connectivity index (χ1v) is 13.8. The lowest BCUT2D eigenvalue weighted by atomic mass is 10.00. The molecule has 0 spiro atoms. The first-order chi connectivity index (χ1) is 18.8. The van der Waals surface area contributed by atoms with Gasteiger partial charge in [0.05, 0.1) is 48.1 Å². The minimum atomic E-state index is -3.93. The number of rotatable bonds is 8. The Kier molecular flexibility index (Phi) is 7.39. The molecule has 1 saturated heterocycles. The third-order valence-corrected chi connectivity index (χ3v) is 7.57. The SMILES string of the molecule is Nc1ncc(-c2nc(N)c3cc(-c4cccc(NS(=O)(=O)CCCF)c4F)cc(N4CCOCC4)c3n2)cn1. The van der Waals surface area contributed by atoms with Crippen LogP contribution in [0.1, 0.15) is 6.42 Å². The molecule has 0 atom stereocenters. The molecule has 0 saturated carbocycles. The number of anilines is 4. The molecule has 5 N–H and O–H groups in total. The Morgan fingerprint density at radius 1 is 1.05 bits per heavy atom. The fourth-order valence-electron chi connectivity index (χ4n) is 4.32. The number of halogens is 2. The van der Waals surface area contributed by atoms with Crippen LogP contribution >= 0.6 is 0 Å². The smallest absolute Gasteiger partial charge is 0.232 e. The molecule has 0 unspecified atom stereocenters. The van der Waals surface area contributed by atoms with Crippen molar-refractivity contribution in [2.45, 2.75) is 6.42 Å². The molecule has 204 valence electrons. The lowest BCUT2D eigenvalue weighted by Gasteiger charge is -2.30. The Labute approximate surface area is 223 Å². The van der Waals surface area contributed by atoms with Gasteiger partial charge in [-0.3, -0.25) is 9.11 Å². The van der Waals surface area contributed by atoms with Gasteiger partial charge in [-0.15, -0.1) is 0 Å². The maximum absolute atomic E-state index is 15.7. The number of ether oxygens (including phenoxy) is 1. The second kappa shape index (κ2) is 10.9. The number of benzene rings is 2. The Balaban J connectivity index is 1.65. The van der Waals surface area contributed by atoms with E-state index >= 15 is 4.39 Å². The molecule has 4 aromatic rings. The lowest BCUT2D eigenvalue weighted by Crippen LogP contribution is -2.36. The first kappa shape index (κ1) is 26.4. The third-order valence-electron chi connectivity index (χ3n) is 6.21. The summed E-state index contributed by atoms with van der Waals surface area (Å²) in [4.78, 5) is 19.2. The largest absolute Gasteiger partial charge is 0.383 e. The van der Waals surface area contributed by atoms with E-state index in [4.69, 9.17) is 21.2 Å². The number of hydrogen-bond acceptors (Lipinski definition) is 10. The van der Waals surface area contributed by atoms with Crippen molar-refractivity contribution < 1.29 is 21.9 Å². The van der Waals surface area contributed by atoms with Crippen molar-refractivity contribution >= 4 is 44.1 Å². The molecule has 3 heterocycles. The lowest BCUT2D eigenvalue weighted by molar-refractivity contribution is 0.123. The van der Waals surface area contributed by atoms with Gasteiger partial charge in [0.15, 0.2) is 11.6 Å². The minimum absolute atomic E-state index is 0.111. The highest BCUT2D eigenvalue weighted by molar-refractivity contribution is 7.92. The summed E-state index contributed by atoms with van der Waals surface area (Å²) in [6.45, 7) is 1.34. The van der Waals surface area contributed by atoms with E-state index in [0.717, 1.165) is 0 Å². The molecule has 1 fully saturated rings. The topological polar surface area (TPSA) is 162 Å². The normalized spacial score (nSPS) is 14.1. The standard InChI is InChI=1S/C25H26F2N8O3S/c26-5-2-10-39(36,37)34-19-4-1-3-17(21(19)27)15-11-18-22(20(12-15)35-6-8-38-9-7-35)32-24(33-23(18)28)16-13-30-25(29)31-14-16/h1,3-4,11-14,34H,2,5-10H2,(H2,28,32,33)(H2,29,30,31). The van der Waals surface area contributed by atoms with E-state index in [-0.39, 0.29) is 29.4 Å². The van der Waals surface area contributed by atoms with Crippen molar-refractivity contribution in [1.82, 2.24) is 19.9 Å². The number of alkyl halides is 1. The van der Waals surface area contributed by atoms with Crippen LogP contribution in [0.5, 0.6) is 0 Å². The molecular formula is C25H26F2N8O3S. The summed E-state index contributed by atoms with van der Waals surface area (Å²) in [5.74, 6) is -0.659. The zero-order valence-electron chi connectivity index (χ0n) is 20.8. The second-order valence-corrected chi connectivity index (χ2v) is 10.7. The van der Waals surface area contributed by atoms with Gasteiger partial charge in [-0.1, -0.05) is 12.1 Å². The highest BCUT2D eigenvalue weighted by atomic mass is 32.2. The van der Waals surface area contributed by atoms with Crippen LogP contribution in [0.25, 0.3) is 33.4 Å². The Morgan fingerprint density at radius 2 is 1.79 bits per heavy atom. The number of nitrogens with zero attached hydrogens (tertiary/aromatic N) is 5. The van der Waals surface area contributed by atoms with Gasteiger partial charge in [-0.25, -0.2) is 32.7 Å². The van der Waals surface area contributed by atoms with Gasteiger partial charge in [-0.05, 0) is 30.2 Å². The summed E-state index contributed by atoms with van der Waals surface area (Å²) in [5.41, 5.74) is 14.1. The number of nitrogens with two attached hydrogens (primary N) is 2. The first-order valence-electron chi connectivity index (χ1n) is 12.1. The number of nitrogen functional groups attached to an aromatic ring is 2. The van der Waals surface area contributed by atoms with Crippen LogP contribution < -0.4 is 21.1 Å². The quantitative estimate of drug-likeness (QED) is 0.294. The molecule has 2 aromatic heterocycles. The highest BCUT2D eigenvalue weighted by Crippen LogP contribution is 2.38. The van der Waals surface area contributed by atoms with E-state index in [9.17, 15) is 12.8 Å². The molecule has 0 radical (unpaired) electrons. The van der Waals surface area contributed by atoms with Gasteiger partial charge < -0.3 is 21.1 Å². The molecular weight excluding hydrogens is 530 g/mol. The van der Waals surface area contributed by atoms with Crippen molar-refractivity contribution in [3.8, 4) is 22.5 Å². The number of fused-ring (bicyclic) bond motifs is 1. The number of hydrogen-bond donors (Lipinski definition) is 3. The molecule has 0 aliphatic carbocycles. The van der Waals surface area contributed by atoms with Gasteiger partial charge in [-0.2, -0.15) is 0 Å². The van der Waals surface area contributed by atoms with E-state index in [0.29, 0.717) is 59.8 Å². The molecule has 11 nitrogen and oxygen atoms in total. The maximum Gasteiger partial charge on any atom is 0.232 e. The molecule has 5 rings (SSSR count). The van der Waals surface area contributed by atoms with Gasteiger partial charge in [0.25, 0.3) is 0 Å². The Bertz CT molecular complexity index is 1610. The predicted octanol–water partition coefficient (Wildman–Crippen LogP) is 3.00. The van der Waals surface area contributed by atoms with Crippen molar-refractivity contribution in [3.63, 3.8) is 0 Å². The molecule has 14 heteroatoms. The van der Waals surface area contributed by atoms with E-state index in [2.05, 4.69) is 24.6 Å². The van der Waals surface area contributed by atoms with Crippen LogP contribution in [-0.2, 0) is 14.8 Å². The van der Waals surface area contributed by atoms with E-state index in [1.165, 1.54) is 30.6 Å². The molecule has 1 aliphatic heterocycles. The number of morpholine rings is 1. The summed E-state index contributed by atoms with van der Waals surface area (Å²) in [7, 11) is -3.93. The fraction of sp³-hybridized carbons (Fsp3) is 0.280. The average Bonchev–Trinajstić information content (AvgIpc) is 2.93. The summed E-state index contributed by atoms with van der Waals surface area (Å²) in [6.07, 6.45) is 2.82. The van der Waals surface area contributed by atoms with Crippen molar-refractivity contribution in [2.24, 2.45) is 0 Å². The zero-order chi connectivity index (χ0) is 27.6. The van der Waals surface area contributed by atoms with E-state index in [1.54, 1.807) is 12.1 Å². The second-order valence-electron chi connectivity index (χ2n) is 8.88. The van der Waals surface area contributed by atoms with Crippen molar-refractivity contribution in [2.75, 3.05) is 59.8 Å². The fourth-order valence-corrected chi connectivity index (χ4v) is 5.40. The average molecular weight is 557 g/mol. The van der Waals surface area contributed by atoms with Crippen LogP contribution in [0.4, 0.5) is 31.9 Å². The monoisotopic (exact) mass is 556 g/mol. The predicted molar refractivity (Wildman–Crippen MR) is 146 cm³/mol. The minimum Gasteiger partial charge on any atom is -0.383 e. The van der Waals surface area contributed by atoms with E-state index < -0.39 is 28.3 Å². The van der Waals surface area contributed by atoms with Crippen LogP contribution in [0.15, 0.2) is 42.7 Å². The van der Waals surface area contributed by atoms with Crippen molar-refractivity contribution in [1.29, 1.82) is 0 Å². The summed E-state index contributed by atoms with van der Waals surface area (Å²) >= 11 is 0. The molecule has 0 amide bonds. The van der Waals surface area contributed by atoms with E-state index in [1.807, 2.05) is 0 Å². The van der Waals surface area contributed by atoms with Gasteiger partial charge in [0.1, 0.15) is 5.82 Å². The zero-order valence-corrected chi connectivity index (χ0v) is 21.6. The highest BCUT2D eigenvalue weighted by Gasteiger charge is 2.22. The number of sulfonamides is 1. The van der Waals surface area contributed by atoms with Crippen LogP contribution in [0.3, 0.4) is 0 Å². The molecule has 2 aromatic carbocycles. The molecule has 39 heavy (non-hydrogen) atoms. The summed E-state index contributed by atoms with van der Waals surface area (Å²) < 4.78 is 60.5. The van der Waals surface area contributed by atoms with Gasteiger partial charge in [0, 0.05) is 36.4 Å². The number of aromatic nitrogens is 4. The Hall–Kier alpha value is -4.17. The number of nitrogens with one attached hydrogen (secondary N) is 1. The molecule has 0 bridgehead atoms. The summed E-state index contributed by atoms with van der Waals surface area (Å²) in [6, 6.07) is 7.83. The third kappa shape index (κ3) is 5.66. The van der Waals surface area contributed by atoms with Gasteiger partial charge >= 0.3 is 0 Å². The molecule has 1 aliphatic rings. The summed E-state index contributed by atoms with van der Waals surface area (Å²) in [5, 5.41) is 0.488. The van der Waals surface area contributed by atoms with Crippen LogP contribution in [-0.4, -0.2) is 67.1 Å². The maximum atomic E-state index is 15.7. The van der Waals surface area contributed by atoms with Crippen LogP contribution in [0.2, 0.25) is 0 Å². The van der Waals surface area contributed by atoms with Crippen molar-refractivity contribution in [3.05, 3.63) is 48.5 Å². The van der Waals surface area contributed by atoms with Crippen LogP contribution in [0, 0.1) is 5.82 Å². The Morgan fingerprint density at radius 3 is 2.51 bits per heavy atom.